The highest BCUT2D eigenvalue weighted by molar-refractivity contribution is 6.02. The Labute approximate surface area is 151 Å². The van der Waals surface area contributed by atoms with Crippen molar-refractivity contribution in [2.75, 3.05) is 6.61 Å². The molecule has 0 saturated carbocycles. The quantitative estimate of drug-likeness (QED) is 0.654. The molecule has 1 heterocycles. The second kappa shape index (κ2) is 6.84. The molecule has 2 amide bonds. The molecule has 0 aliphatic carbocycles. The van der Waals surface area contributed by atoms with E-state index in [4.69, 9.17) is 4.74 Å². The fraction of sp³-hybridized carbons (Fsp3) is 0.0909. The Bertz CT molecular complexity index is 994. The molecule has 4 rings (SSSR count). The normalized spacial score (nSPS) is 17.0. The van der Waals surface area contributed by atoms with Gasteiger partial charge in [-0.1, -0.05) is 66.7 Å². The Kier molecular flexibility index (Phi) is 4.23. The van der Waals surface area contributed by atoms with Crippen LogP contribution in [0.4, 0.5) is 4.79 Å². The van der Waals surface area contributed by atoms with E-state index in [1.54, 1.807) is 6.08 Å². The van der Waals surface area contributed by atoms with Gasteiger partial charge in [-0.05, 0) is 34.0 Å². The lowest BCUT2D eigenvalue weighted by Crippen LogP contribution is -2.32. The van der Waals surface area contributed by atoms with Crippen molar-refractivity contribution in [3.05, 3.63) is 90.0 Å². The molecule has 0 N–H and O–H groups in total. The first-order valence-electron chi connectivity index (χ1n) is 8.44. The maximum Gasteiger partial charge on any atom is 0.417 e. The fourth-order valence-electron chi connectivity index (χ4n) is 3.14. The van der Waals surface area contributed by atoms with E-state index < -0.39 is 12.1 Å². The number of fused-ring (bicyclic) bond motifs is 1. The van der Waals surface area contributed by atoms with E-state index >= 15 is 0 Å². The second-order valence-electron chi connectivity index (χ2n) is 6.15. The van der Waals surface area contributed by atoms with Crippen LogP contribution in [-0.2, 0) is 9.53 Å². The van der Waals surface area contributed by atoms with Crippen molar-refractivity contribution in [1.29, 1.82) is 0 Å². The van der Waals surface area contributed by atoms with Gasteiger partial charge in [0.1, 0.15) is 12.6 Å². The van der Waals surface area contributed by atoms with Crippen LogP contribution in [0.1, 0.15) is 17.2 Å². The number of benzene rings is 3. The zero-order valence-corrected chi connectivity index (χ0v) is 14.0. The van der Waals surface area contributed by atoms with Crippen LogP contribution in [0, 0.1) is 0 Å². The highest BCUT2D eigenvalue weighted by Gasteiger charge is 2.37. The second-order valence-corrected chi connectivity index (χ2v) is 6.15. The summed E-state index contributed by atoms with van der Waals surface area (Å²) in [6, 6.07) is 23.0. The summed E-state index contributed by atoms with van der Waals surface area (Å²) in [5.74, 6) is -0.380. The first-order valence-corrected chi connectivity index (χ1v) is 8.44. The number of cyclic esters (lactones) is 1. The number of amides is 2. The number of carbonyl (C=O) groups excluding carboxylic acids is 2. The van der Waals surface area contributed by atoms with Gasteiger partial charge in [-0.3, -0.25) is 4.79 Å². The predicted molar refractivity (Wildman–Crippen MR) is 100 cm³/mol. The summed E-state index contributed by atoms with van der Waals surface area (Å²) in [7, 11) is 0. The monoisotopic (exact) mass is 343 g/mol. The third-order valence-corrected chi connectivity index (χ3v) is 4.49. The van der Waals surface area contributed by atoms with Crippen LogP contribution in [0.25, 0.3) is 16.8 Å². The highest BCUT2D eigenvalue weighted by atomic mass is 16.6. The van der Waals surface area contributed by atoms with Gasteiger partial charge in [0, 0.05) is 6.08 Å². The van der Waals surface area contributed by atoms with Gasteiger partial charge in [-0.15, -0.1) is 0 Å². The molecule has 0 aromatic heterocycles. The molecule has 3 aromatic carbocycles. The number of ether oxygens (including phenoxy) is 1. The zero-order valence-electron chi connectivity index (χ0n) is 14.0. The molecule has 0 unspecified atom stereocenters. The molecule has 1 fully saturated rings. The van der Waals surface area contributed by atoms with Gasteiger partial charge in [0.25, 0.3) is 5.91 Å². The van der Waals surface area contributed by atoms with E-state index in [9.17, 15) is 9.59 Å². The van der Waals surface area contributed by atoms with Crippen molar-refractivity contribution in [2.24, 2.45) is 0 Å². The molecule has 4 heteroatoms. The SMILES string of the molecule is O=C(/C=C/c1ccc2ccccc2c1)N1C(=O)OC[C@@H]1c1ccccc1. The number of carbonyl (C=O) groups is 2. The van der Waals surface area contributed by atoms with Crippen molar-refractivity contribution in [2.45, 2.75) is 6.04 Å². The molecular formula is C22H17NO3. The predicted octanol–water partition coefficient (Wildman–Crippen LogP) is 4.57. The minimum absolute atomic E-state index is 0.179. The molecule has 1 atom stereocenters. The molecule has 3 aromatic rings. The minimum atomic E-state index is -0.605. The largest absolute Gasteiger partial charge is 0.446 e. The summed E-state index contributed by atoms with van der Waals surface area (Å²) >= 11 is 0. The molecule has 4 nitrogen and oxygen atoms in total. The van der Waals surface area contributed by atoms with Crippen LogP contribution in [0.2, 0.25) is 0 Å². The van der Waals surface area contributed by atoms with Gasteiger partial charge in [0.2, 0.25) is 0 Å². The van der Waals surface area contributed by atoms with Crippen LogP contribution in [0.3, 0.4) is 0 Å². The van der Waals surface area contributed by atoms with E-state index in [0.717, 1.165) is 21.9 Å². The van der Waals surface area contributed by atoms with Gasteiger partial charge in [0.05, 0.1) is 0 Å². The Morgan fingerprint density at radius 2 is 1.69 bits per heavy atom. The molecule has 1 aliphatic heterocycles. The van der Waals surface area contributed by atoms with Crippen molar-refractivity contribution in [3.8, 4) is 0 Å². The first-order chi connectivity index (χ1) is 12.7. The fourth-order valence-corrected chi connectivity index (χ4v) is 3.14. The van der Waals surface area contributed by atoms with Gasteiger partial charge in [-0.2, -0.15) is 0 Å². The van der Waals surface area contributed by atoms with Crippen molar-refractivity contribution >= 4 is 28.8 Å². The molecular weight excluding hydrogens is 326 g/mol. The smallest absolute Gasteiger partial charge is 0.417 e. The summed E-state index contributed by atoms with van der Waals surface area (Å²) in [6.45, 7) is 0.179. The summed E-state index contributed by atoms with van der Waals surface area (Å²) in [5.41, 5.74) is 1.78. The molecule has 0 radical (unpaired) electrons. The Balaban J connectivity index is 1.57. The van der Waals surface area contributed by atoms with Crippen molar-refractivity contribution in [3.63, 3.8) is 0 Å². The molecule has 1 aliphatic rings. The summed E-state index contributed by atoms with van der Waals surface area (Å²) in [6.07, 6.45) is 2.54. The molecule has 1 saturated heterocycles. The van der Waals surface area contributed by atoms with Gasteiger partial charge in [-0.25, -0.2) is 9.69 Å². The van der Waals surface area contributed by atoms with E-state index in [2.05, 4.69) is 0 Å². The maximum absolute atomic E-state index is 12.6. The van der Waals surface area contributed by atoms with Gasteiger partial charge < -0.3 is 4.74 Å². The molecule has 0 spiro atoms. The van der Waals surface area contributed by atoms with Crippen LogP contribution in [0.5, 0.6) is 0 Å². The third-order valence-electron chi connectivity index (χ3n) is 4.49. The number of imide groups is 1. The summed E-state index contributed by atoms with van der Waals surface area (Å²) < 4.78 is 5.10. The minimum Gasteiger partial charge on any atom is -0.446 e. The molecule has 26 heavy (non-hydrogen) atoms. The van der Waals surface area contributed by atoms with Crippen molar-refractivity contribution in [1.82, 2.24) is 4.90 Å². The summed E-state index contributed by atoms with van der Waals surface area (Å²) in [5, 5.41) is 2.24. The Hall–Kier alpha value is -3.40. The van der Waals surface area contributed by atoms with Gasteiger partial charge in [0.15, 0.2) is 0 Å². The average molecular weight is 343 g/mol. The highest BCUT2D eigenvalue weighted by Crippen LogP contribution is 2.28. The van der Waals surface area contributed by atoms with Crippen molar-refractivity contribution < 1.29 is 14.3 Å². The maximum atomic E-state index is 12.6. The number of nitrogens with zero attached hydrogens (tertiary/aromatic N) is 1. The molecule has 128 valence electrons. The van der Waals surface area contributed by atoms with Crippen LogP contribution < -0.4 is 0 Å². The zero-order chi connectivity index (χ0) is 17.9. The van der Waals surface area contributed by atoms with Gasteiger partial charge >= 0.3 is 6.09 Å². The van der Waals surface area contributed by atoms with E-state index in [1.165, 1.54) is 11.0 Å². The average Bonchev–Trinajstić information content (AvgIpc) is 3.08. The van der Waals surface area contributed by atoms with Crippen LogP contribution >= 0.6 is 0 Å². The summed E-state index contributed by atoms with van der Waals surface area (Å²) in [4.78, 5) is 25.8. The number of rotatable bonds is 3. The topological polar surface area (TPSA) is 46.6 Å². The lowest BCUT2D eigenvalue weighted by Gasteiger charge is -2.18. The lowest BCUT2D eigenvalue weighted by molar-refractivity contribution is -0.124. The van der Waals surface area contributed by atoms with Crippen LogP contribution in [0.15, 0.2) is 78.9 Å². The third kappa shape index (κ3) is 3.09. The Morgan fingerprint density at radius 1 is 0.962 bits per heavy atom. The standard InChI is InChI=1S/C22H17NO3/c24-21(13-11-16-10-12-17-6-4-5-9-19(17)14-16)23-20(15-26-22(23)25)18-7-2-1-3-8-18/h1-14,20H,15H2/b13-11+/t20-/m1/s1. The van der Waals surface area contributed by atoms with E-state index in [0.29, 0.717) is 0 Å². The Morgan fingerprint density at radius 3 is 2.50 bits per heavy atom. The van der Waals surface area contributed by atoms with E-state index in [1.807, 2.05) is 72.8 Å². The lowest BCUT2D eigenvalue weighted by atomic mass is 10.1. The first kappa shape index (κ1) is 16.1. The van der Waals surface area contributed by atoms with E-state index in [-0.39, 0.29) is 12.5 Å². The molecule has 0 bridgehead atoms. The van der Waals surface area contributed by atoms with Crippen LogP contribution in [-0.4, -0.2) is 23.5 Å². The number of hydrogen-bond acceptors (Lipinski definition) is 3. The number of hydrogen-bond donors (Lipinski definition) is 0.